The Hall–Kier alpha value is 1.85. The van der Waals surface area contributed by atoms with Crippen LogP contribution in [-0.2, 0) is 9.09 Å². The molecule has 0 saturated carbocycles. The first-order valence-electron chi connectivity index (χ1n) is 0.786. The van der Waals surface area contributed by atoms with Crippen molar-refractivity contribution in [3.05, 3.63) is 0 Å². The van der Waals surface area contributed by atoms with Gasteiger partial charge in [0.05, 0.1) is 0 Å². The van der Waals surface area contributed by atoms with E-state index < -0.39 is 9.17 Å². The first-order valence-corrected chi connectivity index (χ1v) is 2.05. The van der Waals surface area contributed by atoms with Gasteiger partial charge in [0.1, 0.15) is 0 Å². The Morgan fingerprint density at radius 1 is 1.62 bits per heavy atom. The quantitative estimate of drug-likeness (QED) is 0.423. The molecule has 0 aromatic heterocycles. The first-order chi connectivity index (χ1) is 2.27. The van der Waals surface area contributed by atoms with Crippen LogP contribution in [0.15, 0.2) is 0 Å². The summed E-state index contributed by atoms with van der Waals surface area (Å²) >= 11 is 0. The molecule has 0 aromatic carbocycles. The summed E-state index contributed by atoms with van der Waals surface area (Å²) in [6.07, 6.45) is 0. The van der Waals surface area contributed by atoms with Gasteiger partial charge in [0.2, 0.25) is 0 Å². The zero-order valence-electron chi connectivity index (χ0n) is 2.14. The third-order valence-electron chi connectivity index (χ3n) is 0.0660. The van der Waals surface area contributed by atoms with E-state index in [4.69, 9.17) is 9.26 Å². The topological polar surface area (TPSA) is 46.5 Å². The Morgan fingerprint density at radius 2 is 1.75 bits per heavy atom. The van der Waals surface area contributed by atoms with E-state index in [2.05, 4.69) is 4.63 Å². The summed E-state index contributed by atoms with van der Waals surface area (Å²) in [5.74, 6) is 0. The Labute approximate surface area is 96.4 Å². The molecule has 0 aliphatic rings. The van der Waals surface area contributed by atoms with Crippen LogP contribution in [-0.4, -0.2) is 83.9 Å². The second kappa shape index (κ2) is 15.9. The van der Waals surface area contributed by atoms with Gasteiger partial charge in [-0.05, 0) is 0 Å². The van der Waals surface area contributed by atoms with Gasteiger partial charge < -0.3 is 4.80 Å². The van der Waals surface area contributed by atoms with Crippen molar-refractivity contribution < 1.29 is 18.4 Å². The molecule has 0 radical (unpaired) electrons. The third-order valence-corrected chi connectivity index (χ3v) is 0.198. The molecule has 0 atom stereocenters. The molecule has 0 rings (SSSR count). The average molecular weight is 176 g/mol. The van der Waals surface area contributed by atoms with Crippen LogP contribution in [0.2, 0.25) is 0 Å². The molecule has 3 nitrogen and oxygen atoms in total. The van der Waals surface area contributed by atoms with Gasteiger partial charge in [0.25, 0.3) is 0 Å². The molecule has 0 aliphatic heterocycles. The standard InChI is InChI=1S/Al.FHO3Si.Mg.Na.6H/c;1-4-5(2)3;;;;;;;;/h;2H;;;;;;;;. The molecular weight excluding hydrogens is 169 g/mol. The SMILES string of the molecule is O=[Si](O)OF.[AlH3].[MgH2].[NaH]. The summed E-state index contributed by atoms with van der Waals surface area (Å²) in [5.41, 5.74) is 0. The first kappa shape index (κ1) is 22.5. The van der Waals surface area contributed by atoms with Crippen LogP contribution in [0.4, 0.5) is 4.53 Å². The zero-order valence-corrected chi connectivity index (χ0v) is 3.14. The molecule has 0 fully saturated rings. The van der Waals surface area contributed by atoms with Crippen molar-refractivity contribution >= 4 is 79.1 Å². The van der Waals surface area contributed by atoms with Gasteiger partial charge in [-0.3, -0.25) is 9.09 Å². The van der Waals surface area contributed by atoms with Crippen LogP contribution >= 0.6 is 0 Å². The Balaban J connectivity index is -0.0000000267. The normalized spacial score (nSPS) is 4.12. The number of rotatable bonds is 1. The molecule has 0 aromatic rings. The summed E-state index contributed by atoms with van der Waals surface area (Å²) in [6, 6.07) is 0. The zero-order chi connectivity index (χ0) is 4.28. The summed E-state index contributed by atoms with van der Waals surface area (Å²) in [5, 5.41) is 0. The van der Waals surface area contributed by atoms with Crippen LogP contribution in [0.3, 0.4) is 0 Å². The molecule has 0 spiro atoms. The molecule has 42 valence electrons. The molecule has 1 N–H and O–H groups in total. The van der Waals surface area contributed by atoms with Gasteiger partial charge in [0, 0.05) is 4.53 Å². The van der Waals surface area contributed by atoms with Gasteiger partial charge in [-0.1, -0.05) is 0 Å². The van der Waals surface area contributed by atoms with Crippen LogP contribution in [0.25, 0.3) is 0 Å². The van der Waals surface area contributed by atoms with Crippen LogP contribution in [0.5, 0.6) is 0 Å². The van der Waals surface area contributed by atoms with E-state index in [1.165, 1.54) is 0 Å². The van der Waals surface area contributed by atoms with Gasteiger partial charge in [-0.25, -0.2) is 0 Å². The summed E-state index contributed by atoms with van der Waals surface area (Å²) in [6.45, 7) is 0. The fourth-order valence-electron chi connectivity index (χ4n) is 0. The summed E-state index contributed by atoms with van der Waals surface area (Å²) in [4.78, 5) is 7.31. The second-order valence-corrected chi connectivity index (χ2v) is 1.03. The minimum atomic E-state index is -3.29. The Morgan fingerprint density at radius 3 is 1.75 bits per heavy atom. The molecule has 0 amide bonds. The van der Waals surface area contributed by atoms with Crippen LogP contribution in [0, 0.1) is 0 Å². The Kier molecular flexibility index (Phi) is 44.9. The maximum atomic E-state index is 10.1. The molecule has 0 unspecified atom stereocenters. The predicted octanol–water partition coefficient (Wildman–Crippen LogP) is -3.45. The van der Waals surface area contributed by atoms with Crippen LogP contribution < -0.4 is 0 Å². The molecule has 0 saturated heterocycles. The molecule has 0 heterocycles. The summed E-state index contributed by atoms with van der Waals surface area (Å²) in [7, 11) is -3.29. The van der Waals surface area contributed by atoms with Crippen molar-refractivity contribution in [3.63, 3.8) is 0 Å². The second-order valence-electron chi connectivity index (χ2n) is 0.343. The molecular formula is H7AlFMgNaO3Si. The van der Waals surface area contributed by atoms with Crippen molar-refractivity contribution in [1.82, 2.24) is 0 Å². The fraction of sp³-hybridized carbons (Fsp3) is 0. The monoisotopic (exact) mass is 176 g/mol. The van der Waals surface area contributed by atoms with Crippen molar-refractivity contribution in [1.29, 1.82) is 0 Å². The summed E-state index contributed by atoms with van der Waals surface area (Å²) < 4.78 is 21.4. The van der Waals surface area contributed by atoms with Gasteiger partial charge in [0.15, 0.2) is 17.4 Å². The fourth-order valence-corrected chi connectivity index (χ4v) is 0. The van der Waals surface area contributed by atoms with Gasteiger partial charge in [-0.15, -0.1) is 0 Å². The number of halogens is 1. The average Bonchev–Trinajstić information content (AvgIpc) is 1.38. The van der Waals surface area contributed by atoms with E-state index in [1.54, 1.807) is 0 Å². The molecule has 0 aliphatic carbocycles. The van der Waals surface area contributed by atoms with E-state index in [0.29, 0.717) is 0 Å². The van der Waals surface area contributed by atoms with E-state index in [9.17, 15) is 4.53 Å². The molecule has 8 heavy (non-hydrogen) atoms. The maximum absolute atomic E-state index is 10.1. The van der Waals surface area contributed by atoms with Crippen molar-refractivity contribution in [2.75, 3.05) is 0 Å². The predicted molar refractivity (Wildman–Crippen MR) is 36.5 cm³/mol. The van der Waals surface area contributed by atoms with E-state index >= 15 is 0 Å². The molecule has 8 heteroatoms. The van der Waals surface area contributed by atoms with Gasteiger partial charge >= 0.3 is 61.8 Å². The van der Waals surface area contributed by atoms with E-state index in [-0.39, 0.29) is 70.0 Å². The van der Waals surface area contributed by atoms with Crippen molar-refractivity contribution in [3.8, 4) is 0 Å². The van der Waals surface area contributed by atoms with E-state index in [0.717, 1.165) is 0 Å². The van der Waals surface area contributed by atoms with Crippen molar-refractivity contribution in [2.24, 2.45) is 0 Å². The number of hydrogen-bond donors (Lipinski definition) is 1. The third kappa shape index (κ3) is 24.9. The molecule has 0 bridgehead atoms. The minimum absolute atomic E-state index is 0. The van der Waals surface area contributed by atoms with Crippen LogP contribution in [0.1, 0.15) is 0 Å². The van der Waals surface area contributed by atoms with Gasteiger partial charge in [-0.2, -0.15) is 0 Å². The number of hydrogen-bond acceptors (Lipinski definition) is 2. The van der Waals surface area contributed by atoms with E-state index in [1.807, 2.05) is 0 Å². The van der Waals surface area contributed by atoms with Crippen molar-refractivity contribution in [2.45, 2.75) is 0 Å². The Bertz CT molecular complexity index is 54.5.